The van der Waals surface area contributed by atoms with E-state index in [-0.39, 0.29) is 12.1 Å². The van der Waals surface area contributed by atoms with E-state index in [0.717, 1.165) is 17.7 Å². The van der Waals surface area contributed by atoms with Crippen molar-refractivity contribution >= 4 is 23.2 Å². The van der Waals surface area contributed by atoms with E-state index in [1.165, 1.54) is 0 Å². The van der Waals surface area contributed by atoms with Gasteiger partial charge in [0.1, 0.15) is 0 Å². The molecule has 1 amide bonds. The van der Waals surface area contributed by atoms with E-state index >= 15 is 0 Å². The van der Waals surface area contributed by atoms with Gasteiger partial charge in [-0.1, -0.05) is 36.4 Å². The Balaban J connectivity index is 1.96. The lowest BCUT2D eigenvalue weighted by atomic mass is 10.1. The van der Waals surface area contributed by atoms with E-state index in [1.54, 1.807) is 4.90 Å². The lowest BCUT2D eigenvalue weighted by Gasteiger charge is -2.25. The number of ether oxygens (including phenoxy) is 1. The van der Waals surface area contributed by atoms with Crippen molar-refractivity contribution in [2.24, 2.45) is 0 Å². The second-order valence-corrected chi connectivity index (χ2v) is 5.24. The number of alkyl halides is 1. The molecule has 2 aromatic rings. The number of halogens is 1. The number of nitrogens with zero attached hydrogens (tertiary/aromatic N) is 1. The van der Waals surface area contributed by atoms with Crippen LogP contribution >= 0.6 is 11.6 Å². The second kappa shape index (κ2) is 6.29. The highest BCUT2D eigenvalue weighted by molar-refractivity contribution is 6.17. The van der Waals surface area contributed by atoms with Crippen LogP contribution < -0.4 is 4.90 Å². The van der Waals surface area contributed by atoms with Crippen LogP contribution in [0.15, 0.2) is 54.6 Å². The summed E-state index contributed by atoms with van der Waals surface area (Å²) in [5, 5.41) is 0. The largest absolute Gasteiger partial charge is 0.353 e. The highest BCUT2D eigenvalue weighted by Gasteiger charge is 2.37. The number of hydrogen-bond donors (Lipinski definition) is 0. The zero-order valence-electron chi connectivity index (χ0n) is 11.5. The van der Waals surface area contributed by atoms with E-state index in [1.807, 2.05) is 54.6 Å². The number of carbonyl (C=O) groups is 1. The average molecular weight is 302 g/mol. The molecule has 0 bridgehead atoms. The lowest BCUT2D eigenvalue weighted by Crippen LogP contribution is -2.29. The summed E-state index contributed by atoms with van der Waals surface area (Å²) in [6, 6.07) is 17.2. The Labute approximate surface area is 129 Å². The molecule has 1 aliphatic rings. The van der Waals surface area contributed by atoms with Crippen molar-refractivity contribution in [3.63, 3.8) is 0 Å². The van der Waals surface area contributed by atoms with Gasteiger partial charge in [0.2, 0.25) is 0 Å². The molecule has 1 unspecified atom stereocenters. The van der Waals surface area contributed by atoms with Gasteiger partial charge in [0.15, 0.2) is 6.23 Å². The normalized spacial score (nSPS) is 17.1. The number of amides is 1. The summed E-state index contributed by atoms with van der Waals surface area (Å²) in [5.74, 6) is 0.529. The Hall–Kier alpha value is -1.84. The summed E-state index contributed by atoms with van der Waals surface area (Å²) in [7, 11) is 0. The Morgan fingerprint density at radius 1 is 1.05 bits per heavy atom. The molecule has 4 heteroatoms. The van der Waals surface area contributed by atoms with Crippen LogP contribution in [0.25, 0.3) is 0 Å². The van der Waals surface area contributed by atoms with Crippen LogP contribution in [0.2, 0.25) is 0 Å². The van der Waals surface area contributed by atoms with Gasteiger partial charge in [0.05, 0.1) is 6.61 Å². The monoisotopic (exact) mass is 301 g/mol. The van der Waals surface area contributed by atoms with E-state index in [4.69, 9.17) is 16.3 Å². The Morgan fingerprint density at radius 2 is 1.76 bits per heavy atom. The lowest BCUT2D eigenvalue weighted by molar-refractivity contribution is 0.0527. The maximum atomic E-state index is 12.7. The molecule has 21 heavy (non-hydrogen) atoms. The molecule has 1 heterocycles. The molecular formula is C17H16ClNO2. The van der Waals surface area contributed by atoms with Crippen LogP contribution in [0.5, 0.6) is 0 Å². The van der Waals surface area contributed by atoms with Crippen LogP contribution in [-0.2, 0) is 4.74 Å². The van der Waals surface area contributed by atoms with Gasteiger partial charge < -0.3 is 4.74 Å². The van der Waals surface area contributed by atoms with Crippen LogP contribution in [0.3, 0.4) is 0 Å². The molecule has 0 saturated heterocycles. The molecule has 0 aliphatic carbocycles. The van der Waals surface area contributed by atoms with Crippen molar-refractivity contribution < 1.29 is 9.53 Å². The summed E-state index contributed by atoms with van der Waals surface area (Å²) < 4.78 is 5.93. The Kier molecular flexibility index (Phi) is 4.23. The minimum Gasteiger partial charge on any atom is -0.353 e. The van der Waals surface area contributed by atoms with E-state index < -0.39 is 0 Å². The van der Waals surface area contributed by atoms with Gasteiger partial charge in [-0.2, -0.15) is 0 Å². The van der Waals surface area contributed by atoms with Crippen molar-refractivity contribution in [3.8, 4) is 0 Å². The van der Waals surface area contributed by atoms with E-state index in [9.17, 15) is 4.79 Å². The number of carbonyl (C=O) groups excluding carboxylic acids is 1. The Bertz CT molecular complexity index is 630. The van der Waals surface area contributed by atoms with Crippen molar-refractivity contribution in [2.45, 2.75) is 12.6 Å². The molecule has 3 nitrogen and oxygen atoms in total. The molecular weight excluding hydrogens is 286 g/mol. The van der Waals surface area contributed by atoms with Crippen LogP contribution in [0.4, 0.5) is 5.69 Å². The summed E-state index contributed by atoms with van der Waals surface area (Å²) in [6.45, 7) is 0.527. The minimum absolute atomic E-state index is 0.0207. The summed E-state index contributed by atoms with van der Waals surface area (Å²) >= 11 is 5.71. The third kappa shape index (κ3) is 2.67. The zero-order chi connectivity index (χ0) is 14.7. The number of para-hydroxylation sites is 1. The number of fused-ring (bicyclic) bond motifs is 1. The molecule has 108 valence electrons. The fraction of sp³-hybridized carbons (Fsp3) is 0.235. The van der Waals surface area contributed by atoms with Gasteiger partial charge in [-0.15, -0.1) is 11.6 Å². The molecule has 0 aromatic heterocycles. The van der Waals surface area contributed by atoms with Gasteiger partial charge in [-0.3, -0.25) is 9.69 Å². The van der Waals surface area contributed by atoms with Gasteiger partial charge >= 0.3 is 0 Å². The third-order valence-corrected chi connectivity index (χ3v) is 3.77. The molecule has 0 radical (unpaired) electrons. The van der Waals surface area contributed by atoms with Crippen LogP contribution in [0.1, 0.15) is 28.6 Å². The fourth-order valence-electron chi connectivity index (χ4n) is 2.54. The first kappa shape index (κ1) is 14.1. The maximum Gasteiger partial charge on any atom is 0.261 e. The first-order valence-corrected chi connectivity index (χ1v) is 7.51. The number of rotatable bonds is 5. The standard InChI is InChI=1S/C17H16ClNO2/c18-11-6-12-21-17-15-10-5-4-9-14(15)16(20)19(17)13-7-2-1-3-8-13/h1-5,7-10,17H,6,11-12H2. The molecule has 3 rings (SSSR count). The van der Waals surface area contributed by atoms with Gasteiger partial charge in [-0.05, 0) is 24.6 Å². The van der Waals surface area contributed by atoms with E-state index in [2.05, 4.69) is 0 Å². The SMILES string of the molecule is O=C1c2ccccc2C(OCCCCl)N1c1ccccc1. The average Bonchev–Trinajstić information content (AvgIpc) is 2.82. The third-order valence-electron chi connectivity index (χ3n) is 3.50. The van der Waals surface area contributed by atoms with Gasteiger partial charge in [-0.25, -0.2) is 0 Å². The topological polar surface area (TPSA) is 29.5 Å². The van der Waals surface area contributed by atoms with Gasteiger partial charge in [0, 0.05) is 22.7 Å². The van der Waals surface area contributed by atoms with Crippen molar-refractivity contribution in [1.29, 1.82) is 0 Å². The predicted molar refractivity (Wildman–Crippen MR) is 83.7 cm³/mol. The minimum atomic E-state index is -0.376. The molecule has 1 aliphatic heterocycles. The predicted octanol–water partition coefficient (Wildman–Crippen LogP) is 3.99. The van der Waals surface area contributed by atoms with Gasteiger partial charge in [0.25, 0.3) is 5.91 Å². The van der Waals surface area contributed by atoms with Crippen molar-refractivity contribution in [1.82, 2.24) is 0 Å². The summed E-state index contributed by atoms with van der Waals surface area (Å²) in [4.78, 5) is 14.4. The number of benzene rings is 2. The van der Waals surface area contributed by atoms with Crippen molar-refractivity contribution in [3.05, 3.63) is 65.7 Å². The van der Waals surface area contributed by atoms with E-state index in [0.29, 0.717) is 18.1 Å². The molecule has 1 atom stereocenters. The molecule has 0 fully saturated rings. The van der Waals surface area contributed by atoms with Crippen LogP contribution in [0, 0.1) is 0 Å². The zero-order valence-corrected chi connectivity index (χ0v) is 12.3. The Morgan fingerprint density at radius 3 is 2.52 bits per heavy atom. The molecule has 0 spiro atoms. The number of hydrogen-bond acceptors (Lipinski definition) is 2. The highest BCUT2D eigenvalue weighted by atomic mass is 35.5. The second-order valence-electron chi connectivity index (χ2n) is 4.86. The van der Waals surface area contributed by atoms with Crippen molar-refractivity contribution in [2.75, 3.05) is 17.4 Å². The number of anilines is 1. The molecule has 0 N–H and O–H groups in total. The maximum absolute atomic E-state index is 12.7. The summed E-state index contributed by atoms with van der Waals surface area (Å²) in [5.41, 5.74) is 2.47. The highest BCUT2D eigenvalue weighted by Crippen LogP contribution is 2.37. The molecule has 2 aromatic carbocycles. The quantitative estimate of drug-likeness (QED) is 0.617. The molecule has 0 saturated carbocycles. The first-order chi connectivity index (χ1) is 10.3. The summed E-state index contributed by atoms with van der Waals surface area (Å²) in [6.07, 6.45) is 0.385. The fourth-order valence-corrected chi connectivity index (χ4v) is 2.65. The first-order valence-electron chi connectivity index (χ1n) is 6.98. The smallest absolute Gasteiger partial charge is 0.261 e. The van der Waals surface area contributed by atoms with Crippen LogP contribution in [-0.4, -0.2) is 18.4 Å².